The summed E-state index contributed by atoms with van der Waals surface area (Å²) < 4.78 is 1.86. The molecular weight excluding hydrogens is 276 g/mol. The van der Waals surface area contributed by atoms with E-state index in [0.29, 0.717) is 12.3 Å². The summed E-state index contributed by atoms with van der Waals surface area (Å²) >= 11 is 0. The van der Waals surface area contributed by atoms with Gasteiger partial charge in [-0.2, -0.15) is 0 Å². The number of hydrogen-bond donors (Lipinski definition) is 0. The molecule has 1 aromatic carbocycles. The molecule has 2 heterocycles. The standard InChI is InChI=1S/C17H22N4O/c22-17(9-8-15-5-2-1-3-6-15)20-11-4-7-16(13-20)14-21-12-10-18-19-21/h1-3,5-6,10,12,16H,4,7-9,11,13-14H2. The summed E-state index contributed by atoms with van der Waals surface area (Å²) in [4.78, 5) is 14.4. The average molecular weight is 298 g/mol. The van der Waals surface area contributed by atoms with Crippen LogP contribution in [0.2, 0.25) is 0 Å². The number of nitrogens with zero attached hydrogens (tertiary/aromatic N) is 4. The Morgan fingerprint density at radius 3 is 2.91 bits per heavy atom. The molecule has 0 saturated carbocycles. The lowest BCUT2D eigenvalue weighted by Crippen LogP contribution is -2.41. The van der Waals surface area contributed by atoms with Crippen molar-refractivity contribution in [3.63, 3.8) is 0 Å². The van der Waals surface area contributed by atoms with Gasteiger partial charge in [-0.3, -0.25) is 9.48 Å². The number of aryl methyl sites for hydroxylation is 1. The quantitative estimate of drug-likeness (QED) is 0.850. The Hall–Kier alpha value is -2.17. The third-order valence-electron chi connectivity index (χ3n) is 4.26. The van der Waals surface area contributed by atoms with E-state index in [9.17, 15) is 4.79 Å². The van der Waals surface area contributed by atoms with Crippen molar-refractivity contribution < 1.29 is 4.79 Å². The molecule has 22 heavy (non-hydrogen) atoms. The van der Waals surface area contributed by atoms with Gasteiger partial charge in [-0.15, -0.1) is 5.10 Å². The molecule has 1 aromatic heterocycles. The first-order valence-electron chi connectivity index (χ1n) is 7.97. The Morgan fingerprint density at radius 2 is 2.14 bits per heavy atom. The molecule has 1 amide bonds. The van der Waals surface area contributed by atoms with Gasteiger partial charge in [0.15, 0.2) is 0 Å². The van der Waals surface area contributed by atoms with Crippen molar-refractivity contribution in [1.82, 2.24) is 19.9 Å². The first-order chi connectivity index (χ1) is 10.8. The number of amides is 1. The van der Waals surface area contributed by atoms with Crippen molar-refractivity contribution in [2.24, 2.45) is 5.92 Å². The number of piperidine rings is 1. The Bertz CT molecular complexity index is 582. The molecule has 1 saturated heterocycles. The van der Waals surface area contributed by atoms with Crippen LogP contribution in [0.1, 0.15) is 24.8 Å². The minimum absolute atomic E-state index is 0.271. The number of hydrogen-bond acceptors (Lipinski definition) is 3. The van der Waals surface area contributed by atoms with Gasteiger partial charge < -0.3 is 4.90 Å². The van der Waals surface area contributed by atoms with Crippen LogP contribution in [-0.4, -0.2) is 38.9 Å². The smallest absolute Gasteiger partial charge is 0.222 e. The third kappa shape index (κ3) is 3.93. The van der Waals surface area contributed by atoms with E-state index >= 15 is 0 Å². The van der Waals surface area contributed by atoms with E-state index in [1.165, 1.54) is 5.56 Å². The predicted octanol–water partition coefficient (Wildman–Crippen LogP) is 2.15. The zero-order valence-corrected chi connectivity index (χ0v) is 12.8. The predicted molar refractivity (Wildman–Crippen MR) is 84.1 cm³/mol. The van der Waals surface area contributed by atoms with Crippen LogP contribution in [0, 0.1) is 5.92 Å². The third-order valence-corrected chi connectivity index (χ3v) is 4.26. The molecule has 0 aliphatic carbocycles. The summed E-state index contributed by atoms with van der Waals surface area (Å²) in [6, 6.07) is 10.2. The molecule has 1 unspecified atom stereocenters. The number of carbonyl (C=O) groups is 1. The second kappa shape index (κ2) is 7.20. The highest BCUT2D eigenvalue weighted by Gasteiger charge is 2.23. The van der Waals surface area contributed by atoms with Crippen LogP contribution in [0.25, 0.3) is 0 Å². The van der Waals surface area contributed by atoms with E-state index in [0.717, 1.165) is 38.9 Å². The van der Waals surface area contributed by atoms with Crippen LogP contribution in [0.15, 0.2) is 42.7 Å². The van der Waals surface area contributed by atoms with E-state index in [1.54, 1.807) is 6.20 Å². The summed E-state index contributed by atoms with van der Waals surface area (Å²) in [6.45, 7) is 2.58. The fourth-order valence-electron chi connectivity index (χ4n) is 3.09. The van der Waals surface area contributed by atoms with Gasteiger partial charge in [0.1, 0.15) is 0 Å². The van der Waals surface area contributed by atoms with Crippen LogP contribution in [0.3, 0.4) is 0 Å². The maximum atomic E-state index is 12.4. The monoisotopic (exact) mass is 298 g/mol. The second-order valence-electron chi connectivity index (χ2n) is 5.96. The first-order valence-corrected chi connectivity index (χ1v) is 7.97. The fourth-order valence-corrected chi connectivity index (χ4v) is 3.09. The number of carbonyl (C=O) groups excluding carboxylic acids is 1. The molecule has 0 N–H and O–H groups in total. The number of benzene rings is 1. The first kappa shape index (κ1) is 14.8. The minimum Gasteiger partial charge on any atom is -0.342 e. The van der Waals surface area contributed by atoms with E-state index in [4.69, 9.17) is 0 Å². The lowest BCUT2D eigenvalue weighted by Gasteiger charge is -2.32. The lowest BCUT2D eigenvalue weighted by atomic mass is 9.97. The number of likely N-dealkylation sites (tertiary alicyclic amines) is 1. The van der Waals surface area contributed by atoms with Crippen molar-refractivity contribution in [1.29, 1.82) is 0 Å². The van der Waals surface area contributed by atoms with Crippen molar-refractivity contribution >= 4 is 5.91 Å². The molecule has 0 bridgehead atoms. The lowest BCUT2D eigenvalue weighted by molar-refractivity contribution is -0.133. The summed E-state index contributed by atoms with van der Waals surface area (Å²) in [5.74, 6) is 0.753. The Balaban J connectivity index is 1.49. The van der Waals surface area contributed by atoms with Gasteiger partial charge in [-0.25, -0.2) is 0 Å². The fraction of sp³-hybridized carbons (Fsp3) is 0.471. The van der Waals surface area contributed by atoms with Gasteiger partial charge in [0, 0.05) is 32.3 Å². The van der Waals surface area contributed by atoms with Crippen LogP contribution in [0.4, 0.5) is 0 Å². The van der Waals surface area contributed by atoms with Crippen molar-refractivity contribution in [2.45, 2.75) is 32.2 Å². The van der Waals surface area contributed by atoms with Crippen molar-refractivity contribution in [3.8, 4) is 0 Å². The molecule has 116 valence electrons. The van der Waals surface area contributed by atoms with E-state index < -0.39 is 0 Å². The molecule has 5 heteroatoms. The average Bonchev–Trinajstić information content (AvgIpc) is 3.07. The zero-order chi connectivity index (χ0) is 15.2. The number of rotatable bonds is 5. The molecule has 1 aliphatic rings. The van der Waals surface area contributed by atoms with E-state index in [-0.39, 0.29) is 5.91 Å². The van der Waals surface area contributed by atoms with Gasteiger partial charge in [0.25, 0.3) is 0 Å². The largest absolute Gasteiger partial charge is 0.342 e. The van der Waals surface area contributed by atoms with Gasteiger partial charge in [0.05, 0.1) is 6.20 Å². The molecule has 0 spiro atoms. The van der Waals surface area contributed by atoms with Gasteiger partial charge in [-0.05, 0) is 30.7 Å². The molecule has 5 nitrogen and oxygen atoms in total. The van der Waals surface area contributed by atoms with Gasteiger partial charge in [-0.1, -0.05) is 35.5 Å². The van der Waals surface area contributed by atoms with Gasteiger partial charge in [0.2, 0.25) is 5.91 Å². The zero-order valence-electron chi connectivity index (χ0n) is 12.8. The van der Waals surface area contributed by atoms with Crippen LogP contribution < -0.4 is 0 Å². The molecular formula is C17H22N4O. The maximum Gasteiger partial charge on any atom is 0.222 e. The van der Waals surface area contributed by atoms with Crippen molar-refractivity contribution in [2.75, 3.05) is 13.1 Å². The second-order valence-corrected chi connectivity index (χ2v) is 5.96. The van der Waals surface area contributed by atoms with Gasteiger partial charge >= 0.3 is 0 Å². The highest BCUT2D eigenvalue weighted by Crippen LogP contribution is 2.19. The number of aromatic nitrogens is 3. The van der Waals surface area contributed by atoms with Crippen LogP contribution in [0.5, 0.6) is 0 Å². The molecule has 1 atom stereocenters. The summed E-state index contributed by atoms with van der Waals surface area (Å²) in [5, 5.41) is 7.86. The Morgan fingerprint density at radius 1 is 1.27 bits per heavy atom. The van der Waals surface area contributed by atoms with E-state index in [1.807, 2.05) is 34.0 Å². The van der Waals surface area contributed by atoms with Crippen molar-refractivity contribution in [3.05, 3.63) is 48.3 Å². The highest BCUT2D eigenvalue weighted by molar-refractivity contribution is 5.76. The van der Waals surface area contributed by atoms with Crippen LogP contribution >= 0.6 is 0 Å². The summed E-state index contributed by atoms with van der Waals surface area (Å²) in [7, 11) is 0. The highest BCUT2D eigenvalue weighted by atomic mass is 16.2. The maximum absolute atomic E-state index is 12.4. The Labute approximate surface area is 130 Å². The molecule has 0 radical (unpaired) electrons. The van der Waals surface area contributed by atoms with Crippen LogP contribution in [-0.2, 0) is 17.8 Å². The normalized spacial score (nSPS) is 18.4. The molecule has 2 aromatic rings. The summed E-state index contributed by atoms with van der Waals surface area (Å²) in [6.07, 6.45) is 7.24. The van der Waals surface area contributed by atoms with E-state index in [2.05, 4.69) is 22.4 Å². The molecule has 1 fully saturated rings. The SMILES string of the molecule is O=C(CCc1ccccc1)N1CCCC(Cn2ccnn2)C1. The molecule has 1 aliphatic heterocycles. The summed E-state index contributed by atoms with van der Waals surface area (Å²) in [5.41, 5.74) is 1.23. The minimum atomic E-state index is 0.271. The Kier molecular flexibility index (Phi) is 4.83. The topological polar surface area (TPSA) is 51.0 Å². The molecule has 3 rings (SSSR count).